The number of hydrogen-bond acceptors (Lipinski definition) is 2. The van der Waals surface area contributed by atoms with E-state index in [9.17, 15) is 9.18 Å². The Hall–Kier alpha value is -2.60. The van der Waals surface area contributed by atoms with E-state index in [0.717, 1.165) is 11.1 Å². The third-order valence-corrected chi connectivity index (χ3v) is 4.46. The number of aliphatic imine (C=N–C) groups is 1. The first-order chi connectivity index (χ1) is 12.9. The number of amides is 1. The van der Waals surface area contributed by atoms with Gasteiger partial charge in [-0.15, -0.1) is 0 Å². The topological polar surface area (TPSA) is 70.7 Å². The van der Waals surface area contributed by atoms with E-state index in [1.165, 1.54) is 12.1 Å². The number of primary amides is 1. The molecule has 0 aliphatic heterocycles. The van der Waals surface area contributed by atoms with E-state index in [2.05, 4.69) is 10.3 Å². The molecule has 0 heterocycles. The van der Waals surface area contributed by atoms with Crippen LogP contribution in [0.3, 0.4) is 0 Å². The van der Waals surface area contributed by atoms with Gasteiger partial charge in [0.05, 0.1) is 5.92 Å². The summed E-state index contributed by atoms with van der Waals surface area (Å²) in [6, 6.07) is 13.7. The fourth-order valence-corrected chi connectivity index (χ4v) is 2.84. The third-order valence-electron chi connectivity index (χ3n) is 4.21. The maximum absolute atomic E-state index is 13.0. The second-order valence-electron chi connectivity index (χ2n) is 6.34. The van der Waals surface area contributed by atoms with Crippen LogP contribution >= 0.6 is 11.6 Å². The summed E-state index contributed by atoms with van der Waals surface area (Å²) in [7, 11) is 3.59. The van der Waals surface area contributed by atoms with Crippen LogP contribution in [-0.4, -0.2) is 37.4 Å². The molecule has 0 radical (unpaired) electrons. The number of carbonyl (C=O) groups excluding carboxylic acids is 1. The first kappa shape index (κ1) is 20.7. The zero-order chi connectivity index (χ0) is 19.8. The predicted octanol–water partition coefficient (Wildman–Crippen LogP) is 2.83. The number of guanidine groups is 1. The van der Waals surface area contributed by atoms with Gasteiger partial charge in [-0.05, 0) is 41.8 Å². The summed E-state index contributed by atoms with van der Waals surface area (Å²) >= 11 is 5.91. The summed E-state index contributed by atoms with van der Waals surface area (Å²) < 4.78 is 13.0. The molecular formula is C20H24ClFN4O. The van der Waals surface area contributed by atoms with E-state index < -0.39 is 11.8 Å². The number of hydrogen-bond donors (Lipinski definition) is 2. The molecule has 2 rings (SSSR count). The Bertz CT molecular complexity index is 778. The van der Waals surface area contributed by atoms with Crippen molar-refractivity contribution < 1.29 is 9.18 Å². The van der Waals surface area contributed by atoms with Gasteiger partial charge in [-0.25, -0.2) is 4.39 Å². The predicted molar refractivity (Wildman–Crippen MR) is 107 cm³/mol. The molecule has 0 aromatic heterocycles. The lowest BCUT2D eigenvalue weighted by Crippen LogP contribution is -2.43. The number of halogens is 2. The average molecular weight is 391 g/mol. The van der Waals surface area contributed by atoms with Gasteiger partial charge in [0.25, 0.3) is 0 Å². The molecule has 27 heavy (non-hydrogen) atoms. The molecule has 0 saturated carbocycles. The second kappa shape index (κ2) is 9.92. The number of nitrogens with one attached hydrogen (secondary N) is 1. The fraction of sp³-hybridized carbons (Fsp3) is 0.300. The largest absolute Gasteiger partial charge is 0.369 e. The molecule has 3 N–H and O–H groups in total. The zero-order valence-electron chi connectivity index (χ0n) is 15.5. The lowest BCUT2D eigenvalue weighted by atomic mass is 9.98. The molecule has 0 bridgehead atoms. The van der Waals surface area contributed by atoms with Gasteiger partial charge in [0.1, 0.15) is 5.82 Å². The van der Waals surface area contributed by atoms with E-state index >= 15 is 0 Å². The molecular weight excluding hydrogens is 367 g/mol. The minimum atomic E-state index is -0.434. The lowest BCUT2D eigenvalue weighted by molar-refractivity contribution is -0.121. The van der Waals surface area contributed by atoms with Crippen molar-refractivity contribution in [2.45, 2.75) is 13.0 Å². The Kier molecular flexibility index (Phi) is 7.61. The van der Waals surface area contributed by atoms with Gasteiger partial charge in [0, 0.05) is 32.2 Å². The van der Waals surface area contributed by atoms with Crippen molar-refractivity contribution in [2.24, 2.45) is 16.6 Å². The maximum atomic E-state index is 13.0. The van der Waals surface area contributed by atoms with Gasteiger partial charge in [-0.3, -0.25) is 9.79 Å². The summed E-state index contributed by atoms with van der Waals surface area (Å²) in [5.41, 5.74) is 7.48. The molecule has 144 valence electrons. The normalized spacial score (nSPS) is 12.5. The van der Waals surface area contributed by atoms with Crippen LogP contribution in [0, 0.1) is 11.7 Å². The van der Waals surface area contributed by atoms with Crippen molar-refractivity contribution in [3.8, 4) is 0 Å². The molecule has 0 aliphatic rings. The van der Waals surface area contributed by atoms with Crippen molar-refractivity contribution >= 4 is 23.5 Å². The summed E-state index contributed by atoms with van der Waals surface area (Å²) in [6.07, 6.45) is 0.431. The first-order valence-corrected chi connectivity index (χ1v) is 8.97. The van der Waals surface area contributed by atoms with E-state index in [1.54, 1.807) is 19.2 Å². The van der Waals surface area contributed by atoms with Gasteiger partial charge in [-0.2, -0.15) is 0 Å². The average Bonchev–Trinajstić information content (AvgIpc) is 2.64. The van der Waals surface area contributed by atoms with E-state index in [4.69, 9.17) is 17.3 Å². The fourth-order valence-electron chi connectivity index (χ4n) is 2.72. The quantitative estimate of drug-likeness (QED) is 0.564. The van der Waals surface area contributed by atoms with Crippen molar-refractivity contribution in [1.29, 1.82) is 0 Å². The number of nitrogens with two attached hydrogens (primary N) is 1. The highest BCUT2D eigenvalue weighted by Crippen LogP contribution is 2.12. The smallest absolute Gasteiger partial charge is 0.222 e. The maximum Gasteiger partial charge on any atom is 0.222 e. The van der Waals surface area contributed by atoms with Crippen LogP contribution in [0.1, 0.15) is 11.1 Å². The number of benzene rings is 2. The summed E-state index contributed by atoms with van der Waals surface area (Å²) in [6.45, 7) is 0.973. The second-order valence-corrected chi connectivity index (χ2v) is 6.78. The highest BCUT2D eigenvalue weighted by molar-refractivity contribution is 6.30. The molecule has 0 fully saturated rings. The van der Waals surface area contributed by atoms with Crippen molar-refractivity contribution in [3.05, 3.63) is 70.5 Å². The standard InChI is InChI=1S/C20H24ClFN4O/c1-24-20(26(2)13-15-3-7-17(21)8-4-15)25-12-16(19(23)27)11-14-5-9-18(22)10-6-14/h3-10,16H,11-13H2,1-2H3,(H2,23,27)(H,24,25). The van der Waals surface area contributed by atoms with Gasteiger partial charge in [0.2, 0.25) is 5.91 Å². The lowest BCUT2D eigenvalue weighted by Gasteiger charge is -2.24. The molecule has 7 heteroatoms. The van der Waals surface area contributed by atoms with Crippen molar-refractivity contribution in [2.75, 3.05) is 20.6 Å². The van der Waals surface area contributed by atoms with Crippen LogP contribution < -0.4 is 11.1 Å². The first-order valence-electron chi connectivity index (χ1n) is 8.59. The van der Waals surface area contributed by atoms with E-state index in [1.807, 2.05) is 36.2 Å². The van der Waals surface area contributed by atoms with Gasteiger partial charge >= 0.3 is 0 Å². The summed E-state index contributed by atoms with van der Waals surface area (Å²) in [4.78, 5) is 18.0. The number of carbonyl (C=O) groups is 1. The minimum Gasteiger partial charge on any atom is -0.369 e. The summed E-state index contributed by atoms with van der Waals surface area (Å²) in [5.74, 6) is -0.509. The SMILES string of the molecule is CN=C(NCC(Cc1ccc(F)cc1)C(N)=O)N(C)Cc1ccc(Cl)cc1. The van der Waals surface area contributed by atoms with E-state index in [-0.39, 0.29) is 5.82 Å². The Morgan fingerprint density at radius 1 is 1.19 bits per heavy atom. The van der Waals surface area contributed by atoms with Crippen LogP contribution in [-0.2, 0) is 17.8 Å². The molecule has 5 nitrogen and oxygen atoms in total. The highest BCUT2D eigenvalue weighted by Gasteiger charge is 2.18. The Labute approximate surface area is 164 Å². The Morgan fingerprint density at radius 3 is 2.33 bits per heavy atom. The van der Waals surface area contributed by atoms with Crippen molar-refractivity contribution in [1.82, 2.24) is 10.2 Å². The molecule has 0 aliphatic carbocycles. The molecule has 0 saturated heterocycles. The summed E-state index contributed by atoms with van der Waals surface area (Å²) in [5, 5.41) is 3.88. The number of nitrogens with zero attached hydrogens (tertiary/aromatic N) is 2. The molecule has 1 unspecified atom stereocenters. The Balaban J connectivity index is 1.95. The molecule has 2 aromatic rings. The van der Waals surface area contributed by atoms with Crippen LogP contribution in [0.25, 0.3) is 0 Å². The number of rotatable bonds is 7. The van der Waals surface area contributed by atoms with Gasteiger partial charge in [0.15, 0.2) is 5.96 Å². The van der Waals surface area contributed by atoms with Crippen LogP contribution in [0.5, 0.6) is 0 Å². The molecule has 2 aromatic carbocycles. The highest BCUT2D eigenvalue weighted by atomic mass is 35.5. The Morgan fingerprint density at radius 2 is 1.78 bits per heavy atom. The van der Waals surface area contributed by atoms with Crippen molar-refractivity contribution in [3.63, 3.8) is 0 Å². The molecule has 0 spiro atoms. The van der Waals surface area contributed by atoms with E-state index in [0.29, 0.717) is 30.5 Å². The zero-order valence-corrected chi connectivity index (χ0v) is 16.2. The van der Waals surface area contributed by atoms with Crippen LogP contribution in [0.2, 0.25) is 5.02 Å². The minimum absolute atomic E-state index is 0.309. The van der Waals surface area contributed by atoms with Gasteiger partial charge in [-0.1, -0.05) is 35.9 Å². The van der Waals surface area contributed by atoms with Crippen LogP contribution in [0.4, 0.5) is 4.39 Å². The van der Waals surface area contributed by atoms with Gasteiger partial charge < -0.3 is 16.0 Å². The third kappa shape index (κ3) is 6.57. The monoisotopic (exact) mass is 390 g/mol. The molecule has 1 atom stereocenters. The van der Waals surface area contributed by atoms with Crippen LogP contribution in [0.15, 0.2) is 53.5 Å². The molecule has 1 amide bonds.